The van der Waals surface area contributed by atoms with E-state index >= 15 is 0 Å². The summed E-state index contributed by atoms with van der Waals surface area (Å²) in [7, 11) is 0. The third kappa shape index (κ3) is 4.49. The third-order valence-corrected chi connectivity index (χ3v) is 2.73. The van der Waals surface area contributed by atoms with Gasteiger partial charge in [0, 0.05) is 5.56 Å². The molecule has 0 aliphatic heterocycles. The number of amides is 1. The van der Waals surface area contributed by atoms with Crippen molar-refractivity contribution in [2.75, 3.05) is 6.61 Å². The summed E-state index contributed by atoms with van der Waals surface area (Å²) in [5.41, 5.74) is 3.58. The molecule has 112 valence electrons. The van der Waals surface area contributed by atoms with E-state index in [1.807, 2.05) is 0 Å². The number of carbonyl (C=O) groups is 1. The molecule has 2 rings (SSSR count). The van der Waals surface area contributed by atoms with Crippen LogP contribution < -0.4 is 10.2 Å². The van der Waals surface area contributed by atoms with Gasteiger partial charge in [-0.05, 0) is 42.0 Å². The van der Waals surface area contributed by atoms with Gasteiger partial charge in [-0.2, -0.15) is 5.10 Å². The number of hydrazone groups is 1. The smallest absolute Gasteiger partial charge is 0.271 e. The van der Waals surface area contributed by atoms with E-state index in [0.717, 1.165) is 0 Å². The maximum absolute atomic E-state index is 11.9. The van der Waals surface area contributed by atoms with Gasteiger partial charge in [0.15, 0.2) is 0 Å². The average Bonchev–Trinajstić information content (AvgIpc) is 2.53. The number of nitrogens with one attached hydrogen (secondary N) is 1. The van der Waals surface area contributed by atoms with Crippen LogP contribution in [0, 0.1) is 0 Å². The summed E-state index contributed by atoms with van der Waals surface area (Å²) in [5, 5.41) is 13.2. The van der Waals surface area contributed by atoms with Gasteiger partial charge in [0.05, 0.1) is 6.21 Å². The van der Waals surface area contributed by atoms with Crippen LogP contribution in [-0.4, -0.2) is 23.8 Å². The van der Waals surface area contributed by atoms with Gasteiger partial charge < -0.3 is 9.84 Å². The molecule has 0 saturated heterocycles. The molecule has 0 saturated carbocycles. The normalized spacial score (nSPS) is 10.4. The van der Waals surface area contributed by atoms with Gasteiger partial charge in [0.2, 0.25) is 0 Å². The molecule has 5 heteroatoms. The van der Waals surface area contributed by atoms with Crippen LogP contribution in [0.25, 0.3) is 0 Å². The van der Waals surface area contributed by atoms with Crippen molar-refractivity contribution in [1.29, 1.82) is 0 Å². The predicted molar refractivity (Wildman–Crippen MR) is 85.3 cm³/mol. The van der Waals surface area contributed by atoms with Crippen molar-refractivity contribution in [3.63, 3.8) is 0 Å². The molecular formula is C17H16N2O3. The quantitative estimate of drug-likeness (QED) is 0.489. The maximum Gasteiger partial charge on any atom is 0.271 e. The van der Waals surface area contributed by atoms with Gasteiger partial charge in [-0.15, -0.1) is 0 Å². The number of carbonyl (C=O) groups excluding carboxylic acids is 1. The van der Waals surface area contributed by atoms with E-state index in [1.165, 1.54) is 6.21 Å². The van der Waals surface area contributed by atoms with Crippen LogP contribution in [0.4, 0.5) is 0 Å². The van der Waals surface area contributed by atoms with Gasteiger partial charge >= 0.3 is 0 Å². The van der Waals surface area contributed by atoms with Gasteiger partial charge in [-0.25, -0.2) is 5.43 Å². The number of benzene rings is 2. The van der Waals surface area contributed by atoms with E-state index in [4.69, 9.17) is 4.74 Å². The average molecular weight is 296 g/mol. The number of nitrogens with zero attached hydrogens (tertiary/aromatic N) is 1. The number of hydrogen-bond donors (Lipinski definition) is 2. The van der Waals surface area contributed by atoms with Crippen molar-refractivity contribution in [3.05, 3.63) is 72.3 Å². The van der Waals surface area contributed by atoms with E-state index in [9.17, 15) is 9.90 Å². The van der Waals surface area contributed by atoms with Crippen molar-refractivity contribution >= 4 is 12.1 Å². The fraction of sp³-hybridized carbons (Fsp3) is 0.0588. The van der Waals surface area contributed by atoms with E-state index in [-0.39, 0.29) is 11.7 Å². The van der Waals surface area contributed by atoms with Gasteiger partial charge in [-0.3, -0.25) is 4.79 Å². The van der Waals surface area contributed by atoms with E-state index in [1.54, 1.807) is 54.6 Å². The monoisotopic (exact) mass is 296 g/mol. The van der Waals surface area contributed by atoms with Crippen molar-refractivity contribution in [2.24, 2.45) is 5.10 Å². The number of rotatable bonds is 6. The Hall–Kier alpha value is -3.08. The zero-order valence-electron chi connectivity index (χ0n) is 11.9. The Morgan fingerprint density at radius 3 is 2.73 bits per heavy atom. The Kier molecular flexibility index (Phi) is 5.31. The highest BCUT2D eigenvalue weighted by Crippen LogP contribution is 2.12. The molecule has 0 spiro atoms. The van der Waals surface area contributed by atoms with Crippen LogP contribution in [0.15, 0.2) is 66.3 Å². The topological polar surface area (TPSA) is 70.9 Å². The number of aromatic hydroxyl groups is 1. The van der Waals surface area contributed by atoms with Crippen LogP contribution >= 0.6 is 0 Å². The fourth-order valence-corrected chi connectivity index (χ4v) is 1.69. The molecule has 0 aromatic heterocycles. The highest BCUT2D eigenvalue weighted by Gasteiger charge is 2.04. The van der Waals surface area contributed by atoms with Crippen molar-refractivity contribution in [1.82, 2.24) is 5.43 Å². The number of ether oxygens (including phenoxy) is 1. The lowest BCUT2D eigenvalue weighted by atomic mass is 10.2. The highest BCUT2D eigenvalue weighted by atomic mass is 16.5. The maximum atomic E-state index is 11.9. The van der Waals surface area contributed by atoms with Crippen molar-refractivity contribution in [3.8, 4) is 11.5 Å². The Bertz CT molecular complexity index is 679. The molecule has 0 unspecified atom stereocenters. The first-order valence-electron chi connectivity index (χ1n) is 6.65. The minimum Gasteiger partial charge on any atom is -0.508 e. The molecule has 2 N–H and O–H groups in total. The van der Waals surface area contributed by atoms with E-state index < -0.39 is 0 Å². The molecule has 0 fully saturated rings. The summed E-state index contributed by atoms with van der Waals surface area (Å²) < 4.78 is 5.34. The van der Waals surface area contributed by atoms with Gasteiger partial charge in [0.1, 0.15) is 18.1 Å². The molecule has 0 radical (unpaired) electrons. The van der Waals surface area contributed by atoms with Crippen LogP contribution in [0.1, 0.15) is 15.9 Å². The van der Waals surface area contributed by atoms with Crippen LogP contribution in [0.5, 0.6) is 11.5 Å². The lowest BCUT2D eigenvalue weighted by Crippen LogP contribution is -2.17. The summed E-state index contributed by atoms with van der Waals surface area (Å²) in [5.74, 6) is 0.483. The van der Waals surface area contributed by atoms with Gasteiger partial charge in [0.25, 0.3) is 5.91 Å². The molecule has 0 aliphatic carbocycles. The molecule has 0 bridgehead atoms. The minimum absolute atomic E-state index is 0.144. The lowest BCUT2D eigenvalue weighted by Gasteiger charge is -2.04. The summed E-state index contributed by atoms with van der Waals surface area (Å²) in [6, 6.07) is 13.3. The molecule has 0 aliphatic rings. The number of hydrogen-bond acceptors (Lipinski definition) is 4. The zero-order valence-corrected chi connectivity index (χ0v) is 11.9. The van der Waals surface area contributed by atoms with E-state index in [2.05, 4.69) is 17.1 Å². The summed E-state index contributed by atoms with van der Waals surface area (Å²) in [6.07, 6.45) is 3.11. The summed E-state index contributed by atoms with van der Waals surface area (Å²) in [4.78, 5) is 11.9. The standard InChI is InChI=1S/C17H16N2O3/c1-2-10-22-16-8-6-14(7-9-16)17(21)19-18-12-13-4-3-5-15(20)11-13/h2-9,11-12,20H,1,10H2,(H,19,21). The van der Waals surface area contributed by atoms with Crippen molar-refractivity contribution < 1.29 is 14.6 Å². The SMILES string of the molecule is C=CCOc1ccc(C(=O)NN=Cc2cccc(O)c2)cc1. The molecule has 22 heavy (non-hydrogen) atoms. The Morgan fingerprint density at radius 1 is 1.27 bits per heavy atom. The predicted octanol–water partition coefficient (Wildman–Crippen LogP) is 2.72. The first-order chi connectivity index (χ1) is 10.7. The van der Waals surface area contributed by atoms with Gasteiger partial charge in [-0.1, -0.05) is 24.8 Å². The summed E-state index contributed by atoms with van der Waals surface area (Å²) in [6.45, 7) is 3.98. The molecule has 5 nitrogen and oxygen atoms in total. The fourth-order valence-electron chi connectivity index (χ4n) is 1.69. The second-order valence-electron chi connectivity index (χ2n) is 4.42. The van der Waals surface area contributed by atoms with Crippen LogP contribution in [0.3, 0.4) is 0 Å². The molecular weight excluding hydrogens is 280 g/mol. The highest BCUT2D eigenvalue weighted by molar-refractivity contribution is 5.95. The third-order valence-electron chi connectivity index (χ3n) is 2.73. The van der Waals surface area contributed by atoms with Crippen molar-refractivity contribution in [2.45, 2.75) is 0 Å². The first kappa shape index (κ1) is 15.3. The lowest BCUT2D eigenvalue weighted by molar-refractivity contribution is 0.0955. The van der Waals surface area contributed by atoms with Crippen LogP contribution in [-0.2, 0) is 0 Å². The first-order valence-corrected chi connectivity index (χ1v) is 6.65. The minimum atomic E-state index is -0.327. The molecule has 2 aromatic carbocycles. The van der Waals surface area contributed by atoms with E-state index in [0.29, 0.717) is 23.5 Å². The molecule has 0 heterocycles. The molecule has 2 aromatic rings. The Morgan fingerprint density at radius 2 is 2.05 bits per heavy atom. The zero-order chi connectivity index (χ0) is 15.8. The Labute approximate surface area is 128 Å². The van der Waals surface area contributed by atoms with Crippen LogP contribution in [0.2, 0.25) is 0 Å². The second kappa shape index (κ2) is 7.64. The molecule has 0 atom stereocenters. The number of phenolic OH excluding ortho intramolecular Hbond substituents is 1. The summed E-state index contributed by atoms with van der Waals surface area (Å²) >= 11 is 0. The molecule has 1 amide bonds. The largest absolute Gasteiger partial charge is 0.508 e. The Balaban J connectivity index is 1.93. The second-order valence-corrected chi connectivity index (χ2v) is 4.42. The number of phenols is 1.